The maximum atomic E-state index is 13.1. The van der Waals surface area contributed by atoms with Gasteiger partial charge in [-0.1, -0.05) is 27.7 Å². The number of hydrogen-bond donors (Lipinski definition) is 3. The number of nitrogens with zero attached hydrogens (tertiary/aromatic N) is 1. The van der Waals surface area contributed by atoms with Gasteiger partial charge in [0.25, 0.3) is 5.91 Å². The minimum absolute atomic E-state index is 0.0935. The molecule has 5 rings (SSSR count). The van der Waals surface area contributed by atoms with Gasteiger partial charge in [-0.05, 0) is 61.8 Å². The van der Waals surface area contributed by atoms with Gasteiger partial charge in [0.05, 0.1) is 18.2 Å². The summed E-state index contributed by atoms with van der Waals surface area (Å²) in [7, 11) is 0. The van der Waals surface area contributed by atoms with E-state index in [4.69, 9.17) is 9.84 Å². The Morgan fingerprint density at radius 3 is 2.63 bits per heavy atom. The van der Waals surface area contributed by atoms with E-state index in [9.17, 15) is 19.8 Å². The molecule has 3 N–H and O–H groups in total. The highest BCUT2D eigenvalue weighted by atomic mass is 16.5. The Balaban J connectivity index is 1.43. The zero-order chi connectivity index (χ0) is 25.3. The summed E-state index contributed by atoms with van der Waals surface area (Å²) in [5, 5.41) is 31.0. The summed E-state index contributed by atoms with van der Waals surface area (Å²) in [6.45, 7) is 9.76. The van der Waals surface area contributed by atoms with Crippen molar-refractivity contribution in [3.05, 3.63) is 22.8 Å². The fourth-order valence-corrected chi connectivity index (χ4v) is 8.07. The number of carboxylic acids is 1. The lowest BCUT2D eigenvalue weighted by Crippen LogP contribution is -2.66. The number of benzene rings is 1. The molecule has 192 valence electrons. The average Bonchev–Trinajstić information content (AvgIpc) is 3.33. The summed E-state index contributed by atoms with van der Waals surface area (Å²) in [5.74, 6) is 0.452. The van der Waals surface area contributed by atoms with E-state index in [-0.39, 0.29) is 40.9 Å². The van der Waals surface area contributed by atoms with Crippen LogP contribution in [0.15, 0.2) is 6.07 Å². The Morgan fingerprint density at radius 1 is 1.17 bits per heavy atom. The number of aliphatic hydroxyl groups is 1. The molecule has 2 heterocycles. The van der Waals surface area contributed by atoms with Crippen LogP contribution in [0.25, 0.3) is 0 Å². The number of aliphatic carboxylic acids is 1. The number of carbonyl (C=O) groups is 2. The number of ether oxygens (including phenoxy) is 1. The molecule has 35 heavy (non-hydrogen) atoms. The standard InChI is InChI=1S/C28H39NO6/c1-16-8-9-21-26(2,3)22(30)10-11-27(21,4)28(16)14-18-20(35-28)13-17-19(24(18)33)15-29(25(17)34)12-6-5-7-23(31)32/h13,16,21-22,30,33H,5-12,14-15H2,1-4H3,(H,31,32)/t16-,21-,22+,27+,28-/m0/s1. The zero-order valence-electron chi connectivity index (χ0n) is 21.4. The predicted molar refractivity (Wildman–Crippen MR) is 130 cm³/mol. The molecule has 2 aliphatic heterocycles. The van der Waals surface area contributed by atoms with Crippen molar-refractivity contribution in [3.63, 3.8) is 0 Å². The number of fused-ring (bicyclic) bond motifs is 4. The van der Waals surface area contributed by atoms with E-state index >= 15 is 0 Å². The second-order valence-corrected chi connectivity index (χ2v) is 12.3. The Morgan fingerprint density at radius 2 is 1.91 bits per heavy atom. The molecule has 2 fully saturated rings. The fraction of sp³-hybridized carbons (Fsp3) is 0.714. The van der Waals surface area contributed by atoms with E-state index in [0.717, 1.165) is 31.2 Å². The van der Waals surface area contributed by atoms with Gasteiger partial charge < -0.3 is 25.0 Å². The van der Waals surface area contributed by atoms with E-state index in [1.54, 1.807) is 4.90 Å². The van der Waals surface area contributed by atoms with E-state index in [1.807, 2.05) is 6.07 Å². The number of aliphatic hydroxyl groups excluding tert-OH is 1. The van der Waals surface area contributed by atoms with Crippen molar-refractivity contribution in [1.29, 1.82) is 0 Å². The summed E-state index contributed by atoms with van der Waals surface area (Å²) in [5.41, 5.74) is 1.14. The first-order valence-corrected chi connectivity index (χ1v) is 13.2. The largest absolute Gasteiger partial charge is 0.507 e. The molecule has 5 atom stereocenters. The van der Waals surface area contributed by atoms with Crippen LogP contribution in [0.2, 0.25) is 0 Å². The highest BCUT2D eigenvalue weighted by Crippen LogP contribution is 2.66. The van der Waals surface area contributed by atoms with Crippen molar-refractivity contribution in [2.24, 2.45) is 22.7 Å². The van der Waals surface area contributed by atoms with Crippen LogP contribution in [0.3, 0.4) is 0 Å². The van der Waals surface area contributed by atoms with Gasteiger partial charge >= 0.3 is 5.97 Å². The average molecular weight is 486 g/mol. The van der Waals surface area contributed by atoms with E-state index < -0.39 is 11.6 Å². The van der Waals surface area contributed by atoms with Gasteiger partial charge in [-0.15, -0.1) is 0 Å². The minimum Gasteiger partial charge on any atom is -0.507 e. The predicted octanol–water partition coefficient (Wildman–Crippen LogP) is 4.51. The first-order chi connectivity index (χ1) is 16.4. The maximum absolute atomic E-state index is 13.1. The summed E-state index contributed by atoms with van der Waals surface area (Å²) in [4.78, 5) is 25.6. The summed E-state index contributed by atoms with van der Waals surface area (Å²) in [6, 6.07) is 1.83. The van der Waals surface area contributed by atoms with Crippen molar-refractivity contribution in [2.75, 3.05) is 6.54 Å². The molecule has 1 aromatic rings. The second-order valence-electron chi connectivity index (χ2n) is 12.3. The molecule has 1 spiro atoms. The number of aromatic hydroxyl groups is 1. The van der Waals surface area contributed by atoms with E-state index in [0.29, 0.717) is 55.1 Å². The van der Waals surface area contributed by atoms with Gasteiger partial charge in [0, 0.05) is 35.9 Å². The van der Waals surface area contributed by atoms with Crippen LogP contribution in [0.1, 0.15) is 94.1 Å². The van der Waals surface area contributed by atoms with Gasteiger partial charge in [0.1, 0.15) is 17.1 Å². The number of unbranched alkanes of at least 4 members (excludes halogenated alkanes) is 1. The number of carboxylic acid groups (broad SMARTS) is 1. The summed E-state index contributed by atoms with van der Waals surface area (Å²) in [6.07, 6.45) is 5.21. The molecule has 1 amide bonds. The normalized spacial score (nSPS) is 34.9. The molecule has 0 unspecified atom stereocenters. The van der Waals surface area contributed by atoms with Crippen molar-refractivity contribution in [2.45, 2.75) is 97.3 Å². The SMILES string of the molecule is C[C@H]1CC[C@H]2C(C)(C)[C@H](O)CC[C@@]2(C)[C@]12Cc1c(cc3c(c1O)CN(CCCCC(=O)O)C3=O)O2. The number of hydrogen-bond acceptors (Lipinski definition) is 5. The van der Waals surface area contributed by atoms with Crippen LogP contribution in [0, 0.1) is 22.7 Å². The molecular weight excluding hydrogens is 446 g/mol. The first-order valence-electron chi connectivity index (χ1n) is 13.2. The molecule has 7 heteroatoms. The van der Waals surface area contributed by atoms with Gasteiger partial charge in [-0.2, -0.15) is 0 Å². The van der Waals surface area contributed by atoms with Gasteiger partial charge in [0.2, 0.25) is 0 Å². The number of carbonyl (C=O) groups excluding carboxylic acids is 1. The molecule has 0 saturated heterocycles. The van der Waals surface area contributed by atoms with Crippen LogP contribution in [-0.2, 0) is 17.8 Å². The third-order valence-electron chi connectivity index (χ3n) is 10.3. The fourth-order valence-electron chi connectivity index (χ4n) is 8.07. The van der Waals surface area contributed by atoms with Crippen molar-refractivity contribution >= 4 is 11.9 Å². The van der Waals surface area contributed by atoms with Crippen molar-refractivity contribution in [1.82, 2.24) is 4.90 Å². The highest BCUT2D eigenvalue weighted by molar-refractivity contribution is 6.00. The second kappa shape index (κ2) is 8.12. The third kappa shape index (κ3) is 3.40. The van der Waals surface area contributed by atoms with Gasteiger partial charge in [-0.3, -0.25) is 9.59 Å². The lowest BCUT2D eigenvalue weighted by molar-refractivity contribution is -0.210. The van der Waals surface area contributed by atoms with Crippen LogP contribution in [-0.4, -0.2) is 50.3 Å². The van der Waals surface area contributed by atoms with Crippen LogP contribution < -0.4 is 4.74 Å². The maximum Gasteiger partial charge on any atom is 0.303 e. The molecule has 7 nitrogen and oxygen atoms in total. The third-order valence-corrected chi connectivity index (χ3v) is 10.3. The van der Waals surface area contributed by atoms with Crippen LogP contribution >= 0.6 is 0 Å². The van der Waals surface area contributed by atoms with Crippen LogP contribution in [0.4, 0.5) is 0 Å². The Labute approximate surface area is 207 Å². The molecule has 0 bridgehead atoms. The Hall–Kier alpha value is -2.28. The quantitative estimate of drug-likeness (QED) is 0.530. The Bertz CT molecular complexity index is 1070. The number of rotatable bonds is 5. The molecule has 2 saturated carbocycles. The molecular formula is C28H39NO6. The van der Waals surface area contributed by atoms with E-state index in [1.165, 1.54) is 0 Å². The van der Waals surface area contributed by atoms with Crippen LogP contribution in [0.5, 0.6) is 11.5 Å². The smallest absolute Gasteiger partial charge is 0.303 e. The first kappa shape index (κ1) is 24.4. The molecule has 2 aliphatic carbocycles. The van der Waals surface area contributed by atoms with E-state index in [2.05, 4.69) is 27.7 Å². The van der Waals surface area contributed by atoms with Gasteiger partial charge in [-0.25, -0.2) is 0 Å². The molecule has 1 aromatic carbocycles. The number of phenols is 1. The Kier molecular flexibility index (Phi) is 5.66. The monoisotopic (exact) mass is 485 g/mol. The van der Waals surface area contributed by atoms with Gasteiger partial charge in [0.15, 0.2) is 0 Å². The molecule has 0 radical (unpaired) electrons. The summed E-state index contributed by atoms with van der Waals surface area (Å²) >= 11 is 0. The lowest BCUT2D eigenvalue weighted by atomic mass is 9.43. The molecule has 4 aliphatic rings. The topological polar surface area (TPSA) is 107 Å². The highest BCUT2D eigenvalue weighted by Gasteiger charge is 2.67. The number of amides is 1. The minimum atomic E-state index is -0.829. The summed E-state index contributed by atoms with van der Waals surface area (Å²) < 4.78 is 6.89. The molecule has 0 aromatic heterocycles. The number of phenolic OH excluding ortho intramolecular Hbond substituents is 1. The van der Waals surface area contributed by atoms with Crippen molar-refractivity contribution in [3.8, 4) is 11.5 Å². The lowest BCUT2D eigenvalue weighted by Gasteiger charge is -2.64. The van der Waals surface area contributed by atoms with Crippen molar-refractivity contribution < 1.29 is 29.6 Å². The zero-order valence-corrected chi connectivity index (χ0v) is 21.4.